The zero-order chi connectivity index (χ0) is 18.8. The number of hydrogen-bond acceptors (Lipinski definition) is 5. The third-order valence-corrected chi connectivity index (χ3v) is 5.00. The molecule has 0 aliphatic carbocycles. The van der Waals surface area contributed by atoms with Gasteiger partial charge in [-0.1, -0.05) is 11.6 Å². The predicted octanol–water partition coefficient (Wildman–Crippen LogP) is 3.25. The van der Waals surface area contributed by atoms with Gasteiger partial charge in [0.2, 0.25) is 11.9 Å². The van der Waals surface area contributed by atoms with E-state index < -0.39 is 0 Å². The van der Waals surface area contributed by atoms with Gasteiger partial charge < -0.3 is 15.0 Å². The van der Waals surface area contributed by atoms with Gasteiger partial charge >= 0.3 is 0 Å². The predicted molar refractivity (Wildman–Crippen MR) is 105 cm³/mol. The SMILES string of the molecule is COc1ccc(NC(=O)[C@H]2CCCN(c3nnc4ccc(Cl)cn34)C2)cc1. The van der Waals surface area contributed by atoms with Crippen LogP contribution in [0.15, 0.2) is 42.6 Å². The van der Waals surface area contributed by atoms with E-state index in [1.165, 1.54) is 0 Å². The number of fused-ring (bicyclic) bond motifs is 1. The van der Waals surface area contributed by atoms with Gasteiger partial charge in [-0.25, -0.2) is 0 Å². The number of aromatic nitrogens is 3. The first-order valence-electron chi connectivity index (χ1n) is 8.84. The number of benzene rings is 1. The van der Waals surface area contributed by atoms with Gasteiger partial charge in [0.1, 0.15) is 5.75 Å². The summed E-state index contributed by atoms with van der Waals surface area (Å²) in [6, 6.07) is 11.0. The molecule has 7 nitrogen and oxygen atoms in total. The normalized spacial score (nSPS) is 17.1. The van der Waals surface area contributed by atoms with Crippen molar-refractivity contribution in [3.8, 4) is 5.75 Å². The van der Waals surface area contributed by atoms with Gasteiger partial charge in [-0.15, -0.1) is 10.2 Å². The van der Waals surface area contributed by atoms with E-state index in [2.05, 4.69) is 20.4 Å². The molecule has 0 unspecified atom stereocenters. The number of piperidine rings is 1. The number of carbonyl (C=O) groups excluding carboxylic acids is 1. The Kier molecular flexibility index (Phi) is 4.85. The van der Waals surface area contributed by atoms with Gasteiger partial charge in [-0.2, -0.15) is 0 Å². The minimum Gasteiger partial charge on any atom is -0.497 e. The van der Waals surface area contributed by atoms with Crippen LogP contribution >= 0.6 is 11.6 Å². The van der Waals surface area contributed by atoms with E-state index >= 15 is 0 Å². The van der Waals surface area contributed by atoms with Gasteiger partial charge in [-0.3, -0.25) is 9.20 Å². The molecular formula is C19H20ClN5O2. The van der Waals surface area contributed by atoms with E-state index in [0.29, 0.717) is 11.6 Å². The van der Waals surface area contributed by atoms with Gasteiger partial charge in [0, 0.05) is 25.0 Å². The van der Waals surface area contributed by atoms with Crippen molar-refractivity contribution in [1.29, 1.82) is 0 Å². The highest BCUT2D eigenvalue weighted by molar-refractivity contribution is 6.30. The molecule has 140 valence electrons. The molecule has 1 aliphatic rings. The van der Waals surface area contributed by atoms with Crippen molar-refractivity contribution < 1.29 is 9.53 Å². The maximum Gasteiger partial charge on any atom is 0.231 e. The number of halogens is 1. The van der Waals surface area contributed by atoms with Crippen LogP contribution in [0.4, 0.5) is 11.6 Å². The van der Waals surface area contributed by atoms with E-state index in [1.54, 1.807) is 19.4 Å². The number of hydrogen-bond donors (Lipinski definition) is 1. The molecule has 1 N–H and O–H groups in total. The summed E-state index contributed by atoms with van der Waals surface area (Å²) in [6.07, 6.45) is 3.55. The Balaban J connectivity index is 1.48. The maximum absolute atomic E-state index is 12.7. The van der Waals surface area contributed by atoms with E-state index in [4.69, 9.17) is 16.3 Å². The number of carbonyl (C=O) groups is 1. The molecule has 1 atom stereocenters. The molecule has 2 aromatic heterocycles. The van der Waals surface area contributed by atoms with E-state index in [1.807, 2.05) is 34.7 Å². The third kappa shape index (κ3) is 3.68. The van der Waals surface area contributed by atoms with Crippen molar-refractivity contribution in [1.82, 2.24) is 14.6 Å². The lowest BCUT2D eigenvalue weighted by Gasteiger charge is -2.32. The molecule has 1 aliphatic heterocycles. The molecular weight excluding hydrogens is 366 g/mol. The number of pyridine rings is 1. The number of anilines is 2. The van der Waals surface area contributed by atoms with Crippen LogP contribution in [0.5, 0.6) is 5.75 Å². The first-order valence-corrected chi connectivity index (χ1v) is 9.22. The summed E-state index contributed by atoms with van der Waals surface area (Å²) in [6.45, 7) is 1.43. The molecule has 0 spiro atoms. The number of amides is 1. The Bertz CT molecular complexity index is 956. The van der Waals surface area contributed by atoms with Gasteiger partial charge in [0.25, 0.3) is 0 Å². The second-order valence-electron chi connectivity index (χ2n) is 6.58. The summed E-state index contributed by atoms with van der Waals surface area (Å²) >= 11 is 6.11. The fourth-order valence-electron chi connectivity index (χ4n) is 3.36. The van der Waals surface area contributed by atoms with Crippen LogP contribution in [-0.4, -0.2) is 40.7 Å². The number of rotatable bonds is 4. The van der Waals surface area contributed by atoms with Crippen molar-refractivity contribution in [2.45, 2.75) is 12.8 Å². The van der Waals surface area contributed by atoms with Gasteiger partial charge in [0.05, 0.1) is 18.1 Å². The summed E-state index contributed by atoms with van der Waals surface area (Å²) in [5.74, 6) is 1.37. The van der Waals surface area contributed by atoms with Gasteiger partial charge in [0.15, 0.2) is 5.65 Å². The Morgan fingerprint density at radius 2 is 2.04 bits per heavy atom. The minimum atomic E-state index is -0.118. The summed E-state index contributed by atoms with van der Waals surface area (Å²) in [7, 11) is 1.62. The number of ether oxygens (including phenoxy) is 1. The lowest BCUT2D eigenvalue weighted by molar-refractivity contribution is -0.120. The van der Waals surface area contributed by atoms with Crippen molar-refractivity contribution in [3.05, 3.63) is 47.6 Å². The van der Waals surface area contributed by atoms with Crippen molar-refractivity contribution in [3.63, 3.8) is 0 Å². The minimum absolute atomic E-state index is 0.0109. The largest absolute Gasteiger partial charge is 0.497 e. The molecule has 27 heavy (non-hydrogen) atoms. The second-order valence-corrected chi connectivity index (χ2v) is 7.01. The number of nitrogens with zero attached hydrogens (tertiary/aromatic N) is 4. The molecule has 0 bridgehead atoms. The molecule has 3 aromatic rings. The number of nitrogens with one attached hydrogen (secondary N) is 1. The monoisotopic (exact) mass is 385 g/mol. The average molecular weight is 386 g/mol. The molecule has 3 heterocycles. The van der Waals surface area contributed by atoms with Crippen molar-refractivity contribution in [2.24, 2.45) is 5.92 Å². The van der Waals surface area contributed by atoms with Crippen molar-refractivity contribution >= 4 is 34.8 Å². The Morgan fingerprint density at radius 3 is 2.81 bits per heavy atom. The fourth-order valence-corrected chi connectivity index (χ4v) is 3.52. The molecule has 1 saturated heterocycles. The van der Waals surface area contributed by atoms with E-state index in [9.17, 15) is 4.79 Å². The van der Waals surface area contributed by atoms with Crippen LogP contribution in [0.3, 0.4) is 0 Å². The first kappa shape index (κ1) is 17.6. The highest BCUT2D eigenvalue weighted by Gasteiger charge is 2.28. The van der Waals surface area contributed by atoms with E-state index in [-0.39, 0.29) is 11.8 Å². The van der Waals surface area contributed by atoms with Crippen LogP contribution in [0, 0.1) is 5.92 Å². The van der Waals surface area contributed by atoms with Crippen LogP contribution in [0.25, 0.3) is 5.65 Å². The van der Waals surface area contributed by atoms with Crippen molar-refractivity contribution in [2.75, 3.05) is 30.4 Å². The van der Waals surface area contributed by atoms with Crippen LogP contribution in [-0.2, 0) is 4.79 Å². The summed E-state index contributed by atoms with van der Waals surface area (Å²) in [5, 5.41) is 12.1. The second kappa shape index (κ2) is 7.44. The maximum atomic E-state index is 12.7. The quantitative estimate of drug-likeness (QED) is 0.746. The van der Waals surface area contributed by atoms with E-state index in [0.717, 1.165) is 42.4 Å². The highest BCUT2D eigenvalue weighted by Crippen LogP contribution is 2.25. The molecule has 1 amide bonds. The third-order valence-electron chi connectivity index (χ3n) is 4.78. The standard InChI is InChI=1S/C19H20ClN5O2/c1-27-16-7-5-15(6-8-16)21-18(26)13-3-2-10-24(11-13)19-23-22-17-9-4-14(20)12-25(17)19/h4-9,12-13H,2-3,10-11H2,1H3,(H,21,26)/t13-/m0/s1. The topological polar surface area (TPSA) is 71.8 Å². The molecule has 1 aromatic carbocycles. The zero-order valence-corrected chi connectivity index (χ0v) is 15.7. The lowest BCUT2D eigenvalue weighted by Crippen LogP contribution is -2.41. The smallest absolute Gasteiger partial charge is 0.231 e. The Morgan fingerprint density at radius 1 is 1.22 bits per heavy atom. The summed E-state index contributed by atoms with van der Waals surface area (Å²) < 4.78 is 7.01. The summed E-state index contributed by atoms with van der Waals surface area (Å²) in [4.78, 5) is 14.8. The van der Waals surface area contributed by atoms with Crippen LogP contribution < -0.4 is 15.0 Å². The first-order chi connectivity index (χ1) is 13.1. The van der Waals surface area contributed by atoms with Crippen LogP contribution in [0.2, 0.25) is 5.02 Å². The van der Waals surface area contributed by atoms with Gasteiger partial charge in [-0.05, 0) is 49.2 Å². The Hall–Kier alpha value is -2.80. The molecule has 0 radical (unpaired) electrons. The molecule has 1 fully saturated rings. The summed E-state index contributed by atoms with van der Waals surface area (Å²) in [5.41, 5.74) is 1.50. The number of methoxy groups -OCH3 is 1. The van der Waals surface area contributed by atoms with Crippen LogP contribution in [0.1, 0.15) is 12.8 Å². The molecule has 0 saturated carbocycles. The molecule has 8 heteroatoms. The lowest BCUT2D eigenvalue weighted by atomic mass is 9.97. The molecule has 4 rings (SSSR count). The highest BCUT2D eigenvalue weighted by atomic mass is 35.5. The average Bonchev–Trinajstić information content (AvgIpc) is 3.11. The Labute approximate surface area is 161 Å². The zero-order valence-electron chi connectivity index (χ0n) is 14.9. The fraction of sp³-hybridized carbons (Fsp3) is 0.316.